The van der Waals surface area contributed by atoms with E-state index in [-0.39, 0.29) is 5.69 Å². The first-order chi connectivity index (χ1) is 11.8. The lowest BCUT2D eigenvalue weighted by Gasteiger charge is -2.03. The molecule has 4 heterocycles. The number of amides is 1. The predicted octanol–water partition coefficient (Wildman–Crippen LogP) is 1.56. The minimum Gasteiger partial charge on any atom is -0.461 e. The Morgan fingerprint density at radius 2 is 2.12 bits per heavy atom. The molecule has 10 heteroatoms. The molecule has 0 saturated carbocycles. The van der Waals surface area contributed by atoms with Crippen molar-refractivity contribution in [3.63, 3.8) is 0 Å². The number of anilines is 1. The van der Waals surface area contributed by atoms with Crippen molar-refractivity contribution in [1.29, 1.82) is 0 Å². The molecule has 4 rings (SSSR count). The summed E-state index contributed by atoms with van der Waals surface area (Å²) in [5.41, 5.74) is 0.0994. The number of furan rings is 1. The third-order valence-electron chi connectivity index (χ3n) is 3.05. The maximum Gasteiger partial charge on any atom is 0.279 e. The average molecular weight is 323 g/mol. The lowest BCUT2D eigenvalue weighted by Crippen LogP contribution is -2.14. The summed E-state index contributed by atoms with van der Waals surface area (Å²) in [4.78, 5) is 24.1. The van der Waals surface area contributed by atoms with Gasteiger partial charge in [0.2, 0.25) is 5.76 Å². The van der Waals surface area contributed by atoms with Crippen LogP contribution in [0.15, 0.2) is 58.5 Å². The molecule has 0 fully saturated rings. The van der Waals surface area contributed by atoms with E-state index in [9.17, 15) is 4.79 Å². The maximum atomic E-state index is 12.2. The molecule has 0 aromatic carbocycles. The van der Waals surface area contributed by atoms with Gasteiger partial charge in [-0.05, 0) is 12.1 Å². The van der Waals surface area contributed by atoms with E-state index in [2.05, 4.69) is 30.5 Å². The summed E-state index contributed by atoms with van der Waals surface area (Å²) < 4.78 is 11.7. The number of hydrogen-bond donors (Lipinski definition) is 1. The van der Waals surface area contributed by atoms with Crippen LogP contribution in [0.1, 0.15) is 10.5 Å². The van der Waals surface area contributed by atoms with Crippen LogP contribution in [-0.4, -0.2) is 35.8 Å². The molecule has 0 radical (unpaired) electrons. The van der Waals surface area contributed by atoms with Crippen molar-refractivity contribution in [2.75, 3.05) is 5.32 Å². The van der Waals surface area contributed by atoms with Crippen molar-refractivity contribution in [1.82, 2.24) is 29.9 Å². The van der Waals surface area contributed by atoms with Crippen molar-refractivity contribution in [3.05, 3.63) is 55.2 Å². The summed E-state index contributed by atoms with van der Waals surface area (Å²) >= 11 is 0. The van der Waals surface area contributed by atoms with Crippen molar-refractivity contribution < 1.29 is 13.7 Å². The molecule has 0 unspecified atom stereocenters. The first-order valence-electron chi connectivity index (χ1n) is 6.78. The SMILES string of the molecule is O=C(Nc1cc(-n2cncn2)ncn1)c1cc(-c2ccco2)on1. The molecular weight excluding hydrogens is 314 g/mol. The van der Waals surface area contributed by atoms with E-state index in [1.165, 1.54) is 36.0 Å². The zero-order valence-corrected chi connectivity index (χ0v) is 12.0. The van der Waals surface area contributed by atoms with Gasteiger partial charge < -0.3 is 14.3 Å². The normalized spacial score (nSPS) is 10.7. The van der Waals surface area contributed by atoms with E-state index in [0.29, 0.717) is 23.2 Å². The molecular formula is C14H9N7O3. The van der Waals surface area contributed by atoms with E-state index in [1.807, 2.05) is 0 Å². The van der Waals surface area contributed by atoms with Gasteiger partial charge in [0.1, 0.15) is 24.8 Å². The molecule has 0 aliphatic carbocycles. The van der Waals surface area contributed by atoms with E-state index in [4.69, 9.17) is 8.94 Å². The average Bonchev–Trinajstić information content (AvgIpc) is 3.36. The first-order valence-corrected chi connectivity index (χ1v) is 6.78. The van der Waals surface area contributed by atoms with Crippen molar-refractivity contribution >= 4 is 11.7 Å². The highest BCUT2D eigenvalue weighted by molar-refractivity contribution is 6.02. The van der Waals surface area contributed by atoms with Gasteiger partial charge in [-0.15, -0.1) is 0 Å². The number of carbonyl (C=O) groups excluding carboxylic acids is 1. The highest BCUT2D eigenvalue weighted by Crippen LogP contribution is 2.21. The highest BCUT2D eigenvalue weighted by atomic mass is 16.5. The van der Waals surface area contributed by atoms with Crippen LogP contribution in [0.3, 0.4) is 0 Å². The van der Waals surface area contributed by atoms with E-state index in [0.717, 1.165) is 0 Å². The number of nitrogens with one attached hydrogen (secondary N) is 1. The summed E-state index contributed by atoms with van der Waals surface area (Å²) in [6.45, 7) is 0. The third kappa shape index (κ3) is 2.63. The van der Waals surface area contributed by atoms with Crippen LogP contribution in [0.4, 0.5) is 5.82 Å². The quantitative estimate of drug-likeness (QED) is 0.599. The molecule has 0 bridgehead atoms. The van der Waals surface area contributed by atoms with Gasteiger partial charge in [-0.3, -0.25) is 4.79 Å². The minimum atomic E-state index is -0.472. The van der Waals surface area contributed by atoms with Gasteiger partial charge in [-0.2, -0.15) is 5.10 Å². The Morgan fingerprint density at radius 1 is 1.17 bits per heavy atom. The van der Waals surface area contributed by atoms with E-state index >= 15 is 0 Å². The van der Waals surface area contributed by atoms with Crippen LogP contribution in [-0.2, 0) is 0 Å². The zero-order chi connectivity index (χ0) is 16.4. The predicted molar refractivity (Wildman–Crippen MR) is 79.1 cm³/mol. The number of rotatable bonds is 4. The fourth-order valence-corrected chi connectivity index (χ4v) is 1.96. The van der Waals surface area contributed by atoms with Crippen LogP contribution in [0.5, 0.6) is 0 Å². The Morgan fingerprint density at radius 3 is 2.92 bits per heavy atom. The highest BCUT2D eigenvalue weighted by Gasteiger charge is 2.16. The Balaban J connectivity index is 1.53. The maximum absolute atomic E-state index is 12.2. The summed E-state index contributed by atoms with van der Waals surface area (Å²) in [5.74, 6) is 1.13. The smallest absolute Gasteiger partial charge is 0.279 e. The molecule has 4 aromatic rings. The largest absolute Gasteiger partial charge is 0.461 e. The lowest BCUT2D eigenvalue weighted by atomic mass is 10.3. The van der Waals surface area contributed by atoms with Crippen molar-refractivity contribution in [2.24, 2.45) is 0 Å². The van der Waals surface area contributed by atoms with Gasteiger partial charge in [-0.25, -0.2) is 19.6 Å². The Bertz CT molecular complexity index is 960. The molecule has 1 N–H and O–H groups in total. The number of hydrogen-bond acceptors (Lipinski definition) is 8. The molecule has 0 atom stereocenters. The zero-order valence-electron chi connectivity index (χ0n) is 12.0. The van der Waals surface area contributed by atoms with Gasteiger partial charge in [0.25, 0.3) is 5.91 Å². The fourth-order valence-electron chi connectivity index (χ4n) is 1.96. The van der Waals surface area contributed by atoms with Crippen LogP contribution in [0, 0.1) is 0 Å². The van der Waals surface area contributed by atoms with Crippen molar-refractivity contribution in [2.45, 2.75) is 0 Å². The molecule has 118 valence electrons. The van der Waals surface area contributed by atoms with Gasteiger partial charge in [-0.1, -0.05) is 5.16 Å². The summed E-state index contributed by atoms with van der Waals surface area (Å²) in [6, 6.07) is 6.45. The Hall–Kier alpha value is -3.82. The summed E-state index contributed by atoms with van der Waals surface area (Å²) in [7, 11) is 0. The standard InChI is InChI=1S/C14H9N7O3/c22-14(9-4-11(24-20-9)10-2-1-3-23-10)19-12-5-13(17-7-16-12)21-8-15-6-18-21/h1-8H,(H,16,17,19,22). The third-order valence-corrected chi connectivity index (χ3v) is 3.05. The molecule has 24 heavy (non-hydrogen) atoms. The van der Waals surface area contributed by atoms with E-state index < -0.39 is 5.91 Å². The fraction of sp³-hybridized carbons (Fsp3) is 0. The molecule has 4 aromatic heterocycles. The molecule has 0 spiro atoms. The lowest BCUT2D eigenvalue weighted by molar-refractivity contribution is 0.101. The van der Waals surface area contributed by atoms with Crippen LogP contribution < -0.4 is 5.32 Å². The first kappa shape index (κ1) is 13.8. The van der Waals surface area contributed by atoms with Crippen LogP contribution in [0.25, 0.3) is 17.3 Å². The second kappa shape index (κ2) is 5.76. The van der Waals surface area contributed by atoms with Gasteiger partial charge in [0, 0.05) is 12.1 Å². The van der Waals surface area contributed by atoms with Crippen molar-refractivity contribution in [3.8, 4) is 17.3 Å². The second-order valence-corrected chi connectivity index (χ2v) is 4.61. The summed E-state index contributed by atoms with van der Waals surface area (Å²) in [6.07, 6.45) is 5.68. The molecule has 0 aliphatic heterocycles. The monoisotopic (exact) mass is 323 g/mol. The van der Waals surface area contributed by atoms with Crippen LogP contribution >= 0.6 is 0 Å². The minimum absolute atomic E-state index is 0.0994. The molecule has 1 amide bonds. The van der Waals surface area contributed by atoms with Crippen LogP contribution in [0.2, 0.25) is 0 Å². The Labute approximate surface area is 134 Å². The van der Waals surface area contributed by atoms with Gasteiger partial charge >= 0.3 is 0 Å². The number of aromatic nitrogens is 6. The number of carbonyl (C=O) groups is 1. The topological polar surface area (TPSA) is 125 Å². The van der Waals surface area contributed by atoms with Gasteiger partial charge in [0.05, 0.1) is 6.26 Å². The van der Waals surface area contributed by atoms with E-state index in [1.54, 1.807) is 18.2 Å². The van der Waals surface area contributed by atoms with Gasteiger partial charge in [0.15, 0.2) is 17.3 Å². The summed E-state index contributed by atoms with van der Waals surface area (Å²) in [5, 5.41) is 10.3. The molecule has 10 nitrogen and oxygen atoms in total. The number of nitrogens with zero attached hydrogens (tertiary/aromatic N) is 6. The molecule has 0 aliphatic rings. The second-order valence-electron chi connectivity index (χ2n) is 4.61. The molecule has 0 saturated heterocycles. The Kier molecular flexibility index (Phi) is 3.31.